The van der Waals surface area contributed by atoms with E-state index in [1.54, 1.807) is 0 Å². The van der Waals surface area contributed by atoms with E-state index in [1.165, 1.54) is 0 Å². The highest BCUT2D eigenvalue weighted by atomic mass is 31.2. The molecule has 8 nitrogen and oxygen atoms in total. The number of ether oxygens (including phenoxy) is 1. The second-order valence-corrected chi connectivity index (χ2v) is 5.08. The van der Waals surface area contributed by atoms with Gasteiger partial charge in [-0.05, 0) is 0 Å². The van der Waals surface area contributed by atoms with Gasteiger partial charge in [-0.15, -0.1) is 0 Å². The molecule has 0 amide bonds. The van der Waals surface area contributed by atoms with E-state index in [0.29, 0.717) is 0 Å². The zero-order chi connectivity index (χ0) is 11.8. The summed E-state index contributed by atoms with van der Waals surface area (Å²) in [4.78, 5) is 17.2. The van der Waals surface area contributed by atoms with Crippen LogP contribution in [0, 0.1) is 0 Å². The molecule has 0 aliphatic carbocycles. The van der Waals surface area contributed by atoms with E-state index in [2.05, 4.69) is 4.74 Å². The topological polar surface area (TPSA) is 148 Å². The summed E-state index contributed by atoms with van der Waals surface area (Å²) in [7, 11) is -4.43. The zero-order valence-corrected chi connectivity index (χ0v) is 8.44. The number of aliphatic hydroxyl groups is 4. The molecule has 9 heteroatoms. The largest absolute Gasteiger partial charge is 0.388 e. The molecule has 5 atom stereocenters. The Morgan fingerprint density at radius 3 is 2.00 bits per heavy atom. The minimum atomic E-state index is -4.43. The zero-order valence-electron chi connectivity index (χ0n) is 7.54. The van der Waals surface area contributed by atoms with Crippen molar-refractivity contribution in [1.82, 2.24) is 0 Å². The summed E-state index contributed by atoms with van der Waals surface area (Å²) in [6.45, 7) is 0. The van der Waals surface area contributed by atoms with Gasteiger partial charge in [-0.2, -0.15) is 0 Å². The molecule has 1 aliphatic rings. The minimum Gasteiger partial charge on any atom is -0.388 e. The molecule has 15 heavy (non-hydrogen) atoms. The molecule has 1 saturated heterocycles. The first kappa shape index (κ1) is 13.0. The lowest BCUT2D eigenvalue weighted by Crippen LogP contribution is -2.58. The molecular formula is C6H13O8P. The monoisotopic (exact) mass is 244 g/mol. The van der Waals surface area contributed by atoms with Gasteiger partial charge >= 0.3 is 7.60 Å². The Balaban J connectivity index is 2.71. The lowest BCUT2D eigenvalue weighted by atomic mass is 10.0. The van der Waals surface area contributed by atoms with Crippen molar-refractivity contribution in [3.63, 3.8) is 0 Å². The van der Waals surface area contributed by atoms with Gasteiger partial charge in [0.1, 0.15) is 24.4 Å². The Morgan fingerprint density at radius 1 is 1.00 bits per heavy atom. The van der Waals surface area contributed by atoms with Crippen LogP contribution in [0.4, 0.5) is 0 Å². The van der Waals surface area contributed by atoms with E-state index in [-0.39, 0.29) is 0 Å². The summed E-state index contributed by atoms with van der Waals surface area (Å²) in [5.74, 6) is 0. The minimum absolute atomic E-state index is 0.838. The van der Waals surface area contributed by atoms with Gasteiger partial charge in [0.25, 0.3) is 0 Å². The van der Waals surface area contributed by atoms with Crippen molar-refractivity contribution < 1.29 is 39.5 Å². The van der Waals surface area contributed by atoms with Crippen LogP contribution in [0.15, 0.2) is 0 Å². The molecule has 1 rings (SSSR count). The molecule has 0 aromatic heterocycles. The number of hydrogen-bond acceptors (Lipinski definition) is 6. The molecule has 0 bridgehead atoms. The van der Waals surface area contributed by atoms with Gasteiger partial charge in [-0.25, -0.2) is 0 Å². The van der Waals surface area contributed by atoms with Crippen LogP contribution in [0.25, 0.3) is 0 Å². The second-order valence-electron chi connectivity index (χ2n) is 3.38. The Hall–Kier alpha value is -0.0500. The summed E-state index contributed by atoms with van der Waals surface area (Å²) in [5.41, 5.74) is 0. The second kappa shape index (κ2) is 4.44. The summed E-state index contributed by atoms with van der Waals surface area (Å²) in [5, 5.41) is 36.6. The third-order valence-corrected chi connectivity index (χ3v) is 2.94. The predicted molar refractivity (Wildman–Crippen MR) is 45.8 cm³/mol. The van der Waals surface area contributed by atoms with Crippen LogP contribution >= 0.6 is 7.60 Å². The SMILES string of the molecule is O=P(O)(O)C[C@H]1OC(O)[C@@H](O)[C@@H](O)[C@@H]1O. The van der Waals surface area contributed by atoms with Gasteiger partial charge in [-0.1, -0.05) is 0 Å². The quantitative estimate of drug-likeness (QED) is 0.281. The summed E-state index contributed by atoms with van der Waals surface area (Å²) >= 11 is 0. The van der Waals surface area contributed by atoms with E-state index < -0.39 is 44.5 Å². The number of rotatable bonds is 2. The number of aliphatic hydroxyl groups excluding tert-OH is 4. The van der Waals surface area contributed by atoms with Crippen LogP contribution in [0.1, 0.15) is 0 Å². The molecular weight excluding hydrogens is 231 g/mol. The van der Waals surface area contributed by atoms with Gasteiger partial charge in [0, 0.05) is 0 Å². The normalized spacial score (nSPS) is 42.9. The lowest BCUT2D eigenvalue weighted by molar-refractivity contribution is -0.277. The Morgan fingerprint density at radius 2 is 1.53 bits per heavy atom. The highest BCUT2D eigenvalue weighted by Gasteiger charge is 2.44. The lowest BCUT2D eigenvalue weighted by Gasteiger charge is -2.38. The van der Waals surface area contributed by atoms with Crippen molar-refractivity contribution in [2.45, 2.75) is 30.7 Å². The smallest absolute Gasteiger partial charge is 0.328 e. The first-order valence-corrected chi connectivity index (χ1v) is 5.94. The van der Waals surface area contributed by atoms with E-state index >= 15 is 0 Å². The molecule has 1 unspecified atom stereocenters. The van der Waals surface area contributed by atoms with E-state index in [9.17, 15) is 14.8 Å². The fraction of sp³-hybridized carbons (Fsp3) is 1.00. The first-order chi connectivity index (χ1) is 6.72. The van der Waals surface area contributed by atoms with Crippen molar-refractivity contribution in [3.05, 3.63) is 0 Å². The highest BCUT2D eigenvalue weighted by molar-refractivity contribution is 7.51. The third kappa shape index (κ3) is 3.20. The Bertz CT molecular complexity index is 264. The van der Waals surface area contributed by atoms with Crippen molar-refractivity contribution in [1.29, 1.82) is 0 Å². The molecule has 0 radical (unpaired) electrons. The van der Waals surface area contributed by atoms with Gasteiger partial charge in [0.05, 0.1) is 6.16 Å². The summed E-state index contributed by atoms with van der Waals surface area (Å²) < 4.78 is 15.2. The van der Waals surface area contributed by atoms with E-state index in [4.69, 9.17) is 20.0 Å². The van der Waals surface area contributed by atoms with Crippen molar-refractivity contribution in [2.24, 2.45) is 0 Å². The van der Waals surface area contributed by atoms with E-state index in [0.717, 1.165) is 0 Å². The van der Waals surface area contributed by atoms with Crippen LogP contribution in [0.2, 0.25) is 0 Å². The maximum atomic E-state index is 10.6. The van der Waals surface area contributed by atoms with Gasteiger partial charge < -0.3 is 34.9 Å². The maximum Gasteiger partial charge on any atom is 0.328 e. The van der Waals surface area contributed by atoms with Crippen LogP contribution in [-0.2, 0) is 9.30 Å². The fourth-order valence-electron chi connectivity index (χ4n) is 1.32. The molecule has 0 aromatic rings. The predicted octanol–water partition coefficient (Wildman–Crippen LogP) is -3.04. The average molecular weight is 244 g/mol. The van der Waals surface area contributed by atoms with Crippen LogP contribution in [0.5, 0.6) is 0 Å². The standard InChI is InChI=1S/C6H13O8P/c7-3-2(1-15(11,12)13)14-6(10)5(9)4(3)8/h2-10H,1H2,(H2,11,12,13)/t2-,3-,4+,5+,6?/m1/s1. The first-order valence-electron chi connectivity index (χ1n) is 4.14. The summed E-state index contributed by atoms with van der Waals surface area (Å²) in [6, 6.07) is 0. The molecule has 0 saturated carbocycles. The molecule has 90 valence electrons. The van der Waals surface area contributed by atoms with Gasteiger partial charge in [0.15, 0.2) is 6.29 Å². The van der Waals surface area contributed by atoms with Gasteiger partial charge in [0.2, 0.25) is 0 Å². The molecule has 1 heterocycles. The van der Waals surface area contributed by atoms with Crippen molar-refractivity contribution in [3.8, 4) is 0 Å². The van der Waals surface area contributed by atoms with E-state index in [1.807, 2.05) is 0 Å². The molecule has 0 spiro atoms. The third-order valence-electron chi connectivity index (χ3n) is 2.10. The highest BCUT2D eigenvalue weighted by Crippen LogP contribution is 2.38. The fourth-order valence-corrected chi connectivity index (χ4v) is 2.09. The molecule has 0 aromatic carbocycles. The van der Waals surface area contributed by atoms with Crippen LogP contribution < -0.4 is 0 Å². The van der Waals surface area contributed by atoms with Crippen molar-refractivity contribution in [2.75, 3.05) is 6.16 Å². The maximum absolute atomic E-state index is 10.6. The van der Waals surface area contributed by atoms with Crippen LogP contribution in [-0.4, -0.2) is 67.1 Å². The Kier molecular flexibility index (Phi) is 3.85. The molecule has 6 N–H and O–H groups in total. The Labute approximate surface area is 84.9 Å². The molecule has 1 fully saturated rings. The number of hydrogen-bond donors (Lipinski definition) is 6. The molecule has 1 aliphatic heterocycles. The van der Waals surface area contributed by atoms with Crippen LogP contribution in [0.3, 0.4) is 0 Å². The van der Waals surface area contributed by atoms with Gasteiger partial charge in [-0.3, -0.25) is 4.57 Å². The summed E-state index contributed by atoms with van der Waals surface area (Å²) in [6.07, 6.45) is -9.09. The van der Waals surface area contributed by atoms with Crippen molar-refractivity contribution >= 4 is 7.60 Å². The average Bonchev–Trinajstić information content (AvgIpc) is 2.08.